The molecule has 0 N–H and O–H groups in total. The van der Waals surface area contributed by atoms with Gasteiger partial charge in [0, 0.05) is 16.0 Å². The molecule has 0 aromatic heterocycles. The SMILES string of the molecule is Cc1cccc(C2=NC(N=[N+]=[N-])C(=O)N3CCOc4cccc2c43)c1. The van der Waals surface area contributed by atoms with E-state index >= 15 is 0 Å². The lowest BCUT2D eigenvalue weighted by Crippen LogP contribution is -2.42. The Bertz CT molecular complexity index is 946. The van der Waals surface area contributed by atoms with Crippen LogP contribution in [0.15, 0.2) is 52.6 Å². The molecule has 2 aliphatic heterocycles. The van der Waals surface area contributed by atoms with E-state index in [2.05, 4.69) is 15.0 Å². The Morgan fingerprint density at radius 2 is 2.16 bits per heavy atom. The average Bonchev–Trinajstić information content (AvgIpc) is 2.74. The number of carbonyl (C=O) groups is 1. The maximum atomic E-state index is 12.9. The molecule has 0 spiro atoms. The van der Waals surface area contributed by atoms with Gasteiger partial charge in [-0.3, -0.25) is 9.79 Å². The van der Waals surface area contributed by atoms with Crippen LogP contribution in [0.4, 0.5) is 5.69 Å². The van der Waals surface area contributed by atoms with Crippen LogP contribution in [0.25, 0.3) is 10.4 Å². The van der Waals surface area contributed by atoms with E-state index in [1.54, 1.807) is 4.90 Å². The van der Waals surface area contributed by atoms with E-state index in [1.807, 2.05) is 49.4 Å². The molecule has 0 aliphatic carbocycles. The number of aryl methyl sites for hydroxylation is 1. The van der Waals surface area contributed by atoms with Crippen molar-refractivity contribution in [2.75, 3.05) is 18.1 Å². The van der Waals surface area contributed by atoms with Crippen molar-refractivity contribution in [1.29, 1.82) is 0 Å². The maximum absolute atomic E-state index is 12.9. The van der Waals surface area contributed by atoms with Gasteiger partial charge in [-0.25, -0.2) is 0 Å². The first-order chi connectivity index (χ1) is 12.2. The summed E-state index contributed by atoms with van der Waals surface area (Å²) in [5.41, 5.74) is 12.9. The number of amides is 1. The van der Waals surface area contributed by atoms with E-state index in [-0.39, 0.29) is 5.91 Å². The smallest absolute Gasteiger partial charge is 0.258 e. The van der Waals surface area contributed by atoms with Gasteiger partial charge in [-0.05, 0) is 24.6 Å². The van der Waals surface area contributed by atoms with E-state index < -0.39 is 6.17 Å². The van der Waals surface area contributed by atoms with Crippen molar-refractivity contribution in [3.05, 3.63) is 69.6 Å². The van der Waals surface area contributed by atoms with Crippen molar-refractivity contribution >= 4 is 17.3 Å². The lowest BCUT2D eigenvalue weighted by Gasteiger charge is -2.30. The van der Waals surface area contributed by atoms with Gasteiger partial charge in [-0.2, -0.15) is 0 Å². The third-order valence-electron chi connectivity index (χ3n) is 4.29. The van der Waals surface area contributed by atoms with Crippen molar-refractivity contribution in [3.63, 3.8) is 0 Å². The fraction of sp³-hybridized carbons (Fsp3) is 0.222. The number of benzene rings is 2. The zero-order chi connectivity index (χ0) is 17.4. The van der Waals surface area contributed by atoms with Gasteiger partial charge in [0.2, 0.25) is 6.17 Å². The van der Waals surface area contributed by atoms with Gasteiger partial charge < -0.3 is 9.64 Å². The second-order valence-electron chi connectivity index (χ2n) is 5.92. The van der Waals surface area contributed by atoms with E-state index in [4.69, 9.17) is 10.3 Å². The minimum Gasteiger partial charge on any atom is -0.490 e. The molecule has 1 amide bonds. The van der Waals surface area contributed by atoms with Gasteiger partial charge in [0.25, 0.3) is 5.91 Å². The quantitative estimate of drug-likeness (QED) is 0.480. The van der Waals surface area contributed by atoms with E-state index in [1.165, 1.54) is 0 Å². The van der Waals surface area contributed by atoms with Crippen molar-refractivity contribution < 1.29 is 9.53 Å². The largest absolute Gasteiger partial charge is 0.490 e. The molecular weight excluding hydrogens is 318 g/mol. The molecule has 1 atom stereocenters. The van der Waals surface area contributed by atoms with Crippen LogP contribution in [0.5, 0.6) is 5.75 Å². The molecule has 0 saturated carbocycles. The zero-order valence-corrected chi connectivity index (χ0v) is 13.6. The van der Waals surface area contributed by atoms with Gasteiger partial charge in [0.05, 0.1) is 17.9 Å². The monoisotopic (exact) mass is 333 g/mol. The molecule has 2 heterocycles. The Kier molecular flexibility index (Phi) is 3.63. The molecule has 7 nitrogen and oxygen atoms in total. The molecule has 2 aliphatic rings. The Morgan fingerprint density at radius 3 is 2.96 bits per heavy atom. The minimum atomic E-state index is -1.13. The summed E-state index contributed by atoms with van der Waals surface area (Å²) >= 11 is 0. The van der Waals surface area contributed by atoms with Crippen LogP contribution < -0.4 is 9.64 Å². The Labute approximate surface area is 144 Å². The van der Waals surface area contributed by atoms with Crippen LogP contribution in [0, 0.1) is 6.92 Å². The molecule has 2 aromatic rings. The van der Waals surface area contributed by atoms with E-state index in [0.29, 0.717) is 30.3 Å². The number of aliphatic imine (C=N–C) groups is 1. The molecule has 1 unspecified atom stereocenters. The summed E-state index contributed by atoms with van der Waals surface area (Å²) < 4.78 is 5.72. The van der Waals surface area contributed by atoms with Gasteiger partial charge in [-0.15, -0.1) is 0 Å². The standard InChI is InChI=1S/C18H15N5O2/c1-11-4-2-5-12(10-11)15-13-6-3-7-14-16(13)23(8-9-25-14)18(24)17(20-15)21-22-19/h2-7,10,17H,8-9H2,1H3. The molecular formula is C18H15N5O2. The summed E-state index contributed by atoms with van der Waals surface area (Å²) in [5.74, 6) is 0.302. The molecule has 0 saturated heterocycles. The topological polar surface area (TPSA) is 90.7 Å². The highest BCUT2D eigenvalue weighted by atomic mass is 16.5. The summed E-state index contributed by atoms with van der Waals surface area (Å²) in [7, 11) is 0. The van der Waals surface area contributed by atoms with Crippen molar-refractivity contribution in [1.82, 2.24) is 0 Å². The van der Waals surface area contributed by atoms with Crippen LogP contribution >= 0.6 is 0 Å². The summed E-state index contributed by atoms with van der Waals surface area (Å²) in [6.45, 7) is 2.79. The molecule has 0 bridgehead atoms. The van der Waals surface area contributed by atoms with Gasteiger partial charge in [-0.1, -0.05) is 41.0 Å². The number of rotatable bonds is 2. The second kappa shape index (κ2) is 5.96. The first-order valence-electron chi connectivity index (χ1n) is 7.95. The van der Waals surface area contributed by atoms with Crippen LogP contribution in [-0.4, -0.2) is 30.9 Å². The first-order valence-corrected chi connectivity index (χ1v) is 7.95. The van der Waals surface area contributed by atoms with Gasteiger partial charge in [0.1, 0.15) is 12.4 Å². The third-order valence-corrected chi connectivity index (χ3v) is 4.29. The number of hydrogen-bond donors (Lipinski definition) is 0. The molecule has 0 radical (unpaired) electrons. The maximum Gasteiger partial charge on any atom is 0.258 e. The lowest BCUT2D eigenvalue weighted by atomic mass is 9.98. The molecule has 2 aromatic carbocycles. The van der Waals surface area contributed by atoms with Crippen LogP contribution in [0.1, 0.15) is 16.7 Å². The Hall–Kier alpha value is -3.31. The molecule has 25 heavy (non-hydrogen) atoms. The number of hydrogen-bond acceptors (Lipinski definition) is 4. The number of nitrogens with zero attached hydrogens (tertiary/aromatic N) is 5. The summed E-state index contributed by atoms with van der Waals surface area (Å²) in [5, 5.41) is 3.62. The number of azide groups is 1. The van der Waals surface area contributed by atoms with Crippen LogP contribution in [-0.2, 0) is 4.79 Å². The summed E-state index contributed by atoms with van der Waals surface area (Å²) in [6.07, 6.45) is -1.13. The van der Waals surface area contributed by atoms with Crippen molar-refractivity contribution in [2.24, 2.45) is 10.1 Å². The highest BCUT2D eigenvalue weighted by Crippen LogP contribution is 2.38. The van der Waals surface area contributed by atoms with Gasteiger partial charge in [0.15, 0.2) is 0 Å². The number of carbonyl (C=O) groups excluding carboxylic acids is 1. The highest BCUT2D eigenvalue weighted by molar-refractivity contribution is 6.21. The normalized spacial score (nSPS) is 18.4. The fourth-order valence-corrected chi connectivity index (χ4v) is 3.22. The summed E-state index contributed by atoms with van der Waals surface area (Å²) in [4.78, 5) is 21.8. The zero-order valence-electron chi connectivity index (χ0n) is 13.6. The fourth-order valence-electron chi connectivity index (χ4n) is 3.22. The average molecular weight is 333 g/mol. The molecule has 0 fully saturated rings. The number of ether oxygens (including phenoxy) is 1. The van der Waals surface area contributed by atoms with Crippen molar-refractivity contribution in [2.45, 2.75) is 13.1 Å². The number of anilines is 1. The first kappa shape index (κ1) is 15.2. The predicted molar refractivity (Wildman–Crippen MR) is 94.0 cm³/mol. The summed E-state index contributed by atoms with van der Waals surface area (Å²) in [6, 6.07) is 13.5. The van der Waals surface area contributed by atoms with E-state index in [0.717, 1.165) is 16.7 Å². The van der Waals surface area contributed by atoms with Crippen LogP contribution in [0.3, 0.4) is 0 Å². The number of para-hydroxylation sites is 1. The molecule has 7 heteroatoms. The highest BCUT2D eigenvalue weighted by Gasteiger charge is 2.35. The second-order valence-corrected chi connectivity index (χ2v) is 5.92. The lowest BCUT2D eigenvalue weighted by molar-refractivity contribution is -0.119. The molecule has 4 rings (SSSR count). The predicted octanol–water partition coefficient (Wildman–Crippen LogP) is 3.21. The Morgan fingerprint density at radius 1 is 1.32 bits per heavy atom. The minimum absolute atomic E-state index is 0.336. The molecule has 124 valence electrons. The third kappa shape index (κ3) is 2.51. The van der Waals surface area contributed by atoms with Crippen molar-refractivity contribution in [3.8, 4) is 5.75 Å². The van der Waals surface area contributed by atoms with E-state index in [9.17, 15) is 4.79 Å². The van der Waals surface area contributed by atoms with Crippen LogP contribution in [0.2, 0.25) is 0 Å². The Balaban J connectivity index is 2.01. The van der Waals surface area contributed by atoms with Gasteiger partial charge >= 0.3 is 0 Å².